The molecule has 1 aromatic carbocycles. The summed E-state index contributed by atoms with van der Waals surface area (Å²) in [5, 5.41) is 4.13. The van der Waals surface area contributed by atoms with Gasteiger partial charge in [-0.2, -0.15) is 0 Å². The maximum absolute atomic E-state index is 13.7. The molecule has 1 heterocycles. The zero-order valence-electron chi connectivity index (χ0n) is 17.7. The molecule has 0 spiro atoms. The normalized spacial score (nSPS) is 33.9. The third-order valence-corrected chi connectivity index (χ3v) is 9.38. The van der Waals surface area contributed by atoms with Crippen molar-refractivity contribution in [2.24, 2.45) is 17.3 Å². The van der Waals surface area contributed by atoms with Gasteiger partial charge in [0.15, 0.2) is 5.13 Å². The van der Waals surface area contributed by atoms with E-state index in [1.54, 1.807) is 18.4 Å². The number of nitrogens with one attached hydrogen (secondary N) is 1. The SMILES string of the molecule is COc1ccc(C23C[C@H]4C[C@@H](CC(C(=O)Nc5nc6c(s5)CCCC6)(C4)C2)C3)cc1. The van der Waals surface area contributed by atoms with Crippen molar-refractivity contribution in [2.45, 2.75) is 69.6 Å². The van der Waals surface area contributed by atoms with Crippen LogP contribution in [0.25, 0.3) is 0 Å². The van der Waals surface area contributed by atoms with Crippen LogP contribution >= 0.6 is 11.3 Å². The Labute approximate surface area is 182 Å². The fourth-order valence-electron chi connectivity index (χ4n) is 7.45. The number of ether oxygens (including phenoxy) is 1. The van der Waals surface area contributed by atoms with Gasteiger partial charge in [0.2, 0.25) is 5.91 Å². The highest BCUT2D eigenvalue weighted by Crippen LogP contribution is 2.66. The average molecular weight is 423 g/mol. The van der Waals surface area contributed by atoms with Crippen molar-refractivity contribution in [3.8, 4) is 5.75 Å². The third-order valence-electron chi connectivity index (χ3n) is 8.31. The molecule has 5 aliphatic rings. The minimum Gasteiger partial charge on any atom is -0.497 e. The Hall–Kier alpha value is -1.88. The Bertz CT molecular complexity index is 942. The topological polar surface area (TPSA) is 51.2 Å². The summed E-state index contributed by atoms with van der Waals surface area (Å²) < 4.78 is 5.38. The van der Waals surface area contributed by atoms with Crippen molar-refractivity contribution in [1.82, 2.24) is 4.98 Å². The van der Waals surface area contributed by atoms with E-state index in [0.29, 0.717) is 11.8 Å². The molecule has 0 aliphatic heterocycles. The van der Waals surface area contributed by atoms with E-state index in [-0.39, 0.29) is 16.7 Å². The number of hydrogen-bond acceptors (Lipinski definition) is 4. The number of amides is 1. The van der Waals surface area contributed by atoms with Gasteiger partial charge in [0.1, 0.15) is 5.75 Å². The highest BCUT2D eigenvalue weighted by Gasteiger charge is 2.61. The molecule has 158 valence electrons. The molecule has 7 rings (SSSR count). The van der Waals surface area contributed by atoms with E-state index in [1.807, 2.05) is 0 Å². The van der Waals surface area contributed by atoms with Crippen LogP contribution in [0.5, 0.6) is 5.75 Å². The second kappa shape index (κ2) is 6.81. The number of hydrogen-bond donors (Lipinski definition) is 1. The van der Waals surface area contributed by atoms with Gasteiger partial charge >= 0.3 is 0 Å². The van der Waals surface area contributed by atoms with Crippen molar-refractivity contribution in [2.75, 3.05) is 12.4 Å². The summed E-state index contributed by atoms with van der Waals surface area (Å²) >= 11 is 1.71. The van der Waals surface area contributed by atoms with Crippen molar-refractivity contribution in [3.63, 3.8) is 0 Å². The number of rotatable bonds is 4. The van der Waals surface area contributed by atoms with Crippen molar-refractivity contribution < 1.29 is 9.53 Å². The van der Waals surface area contributed by atoms with Gasteiger partial charge in [0, 0.05) is 4.88 Å². The lowest BCUT2D eigenvalue weighted by atomic mass is 9.42. The molecule has 5 aliphatic carbocycles. The Morgan fingerprint density at radius 1 is 1.10 bits per heavy atom. The number of carbonyl (C=O) groups is 1. The summed E-state index contributed by atoms with van der Waals surface area (Å²) in [6, 6.07) is 8.65. The number of fused-ring (bicyclic) bond motifs is 1. The summed E-state index contributed by atoms with van der Waals surface area (Å²) in [5.41, 5.74) is 2.55. The molecule has 1 amide bonds. The Morgan fingerprint density at radius 2 is 1.83 bits per heavy atom. The van der Waals surface area contributed by atoms with E-state index >= 15 is 0 Å². The number of methoxy groups -OCH3 is 1. The first-order valence-electron chi connectivity index (χ1n) is 11.5. The van der Waals surface area contributed by atoms with Crippen LogP contribution in [0.15, 0.2) is 24.3 Å². The molecule has 30 heavy (non-hydrogen) atoms. The number of aromatic nitrogens is 1. The molecular formula is C25H30N2O2S. The smallest absolute Gasteiger partial charge is 0.232 e. The van der Waals surface area contributed by atoms with Crippen LogP contribution in [-0.2, 0) is 23.1 Å². The van der Waals surface area contributed by atoms with E-state index in [0.717, 1.165) is 43.0 Å². The maximum atomic E-state index is 13.7. The largest absolute Gasteiger partial charge is 0.497 e. The lowest BCUT2D eigenvalue weighted by Crippen LogP contribution is -2.57. The minimum atomic E-state index is -0.226. The molecule has 0 unspecified atom stereocenters. The number of nitrogens with zero attached hydrogens (tertiary/aromatic N) is 1. The zero-order valence-corrected chi connectivity index (χ0v) is 18.5. The minimum absolute atomic E-state index is 0.149. The lowest BCUT2D eigenvalue weighted by Gasteiger charge is -2.61. The molecular weight excluding hydrogens is 392 g/mol. The Balaban J connectivity index is 1.29. The number of anilines is 1. The molecule has 1 N–H and O–H groups in total. The standard InChI is InChI=1S/C25H30N2O2S/c1-29-19-8-6-18(7-9-19)24-11-16-10-17(12-24)14-25(13-16,15-24)22(28)27-23-26-20-4-2-3-5-21(20)30-23/h6-9,16-17H,2-5,10-15H2,1H3,(H,26,27,28)/t16-,17-,24?,25?/m1/s1. The van der Waals surface area contributed by atoms with Crippen LogP contribution in [0.2, 0.25) is 0 Å². The first-order valence-corrected chi connectivity index (χ1v) is 12.3. The highest BCUT2D eigenvalue weighted by molar-refractivity contribution is 7.15. The van der Waals surface area contributed by atoms with Gasteiger partial charge in [-0.15, -0.1) is 11.3 Å². The third kappa shape index (κ3) is 2.92. The van der Waals surface area contributed by atoms with E-state index < -0.39 is 0 Å². The molecule has 1 aromatic heterocycles. The van der Waals surface area contributed by atoms with E-state index in [9.17, 15) is 4.79 Å². The van der Waals surface area contributed by atoms with Gasteiger partial charge < -0.3 is 10.1 Å². The lowest BCUT2D eigenvalue weighted by molar-refractivity contribution is -0.143. The molecule has 5 heteroatoms. The molecule has 4 fully saturated rings. The van der Waals surface area contributed by atoms with E-state index in [2.05, 4.69) is 29.6 Å². The average Bonchev–Trinajstić information content (AvgIpc) is 3.15. The fourth-order valence-corrected chi connectivity index (χ4v) is 8.49. The molecule has 0 saturated heterocycles. The first-order chi connectivity index (χ1) is 14.6. The predicted octanol–water partition coefficient (Wildman–Crippen LogP) is 5.51. The second-order valence-electron chi connectivity index (χ2n) is 10.3. The predicted molar refractivity (Wildman–Crippen MR) is 119 cm³/mol. The van der Waals surface area contributed by atoms with Crippen LogP contribution in [-0.4, -0.2) is 18.0 Å². The molecule has 4 saturated carbocycles. The number of carbonyl (C=O) groups excluding carboxylic acids is 1. The fraction of sp³-hybridized carbons (Fsp3) is 0.600. The maximum Gasteiger partial charge on any atom is 0.232 e. The van der Waals surface area contributed by atoms with Gasteiger partial charge in [-0.3, -0.25) is 4.79 Å². The number of aryl methyl sites for hydroxylation is 2. The zero-order chi connectivity index (χ0) is 20.3. The van der Waals surface area contributed by atoms with Crippen LogP contribution in [0, 0.1) is 17.3 Å². The quantitative estimate of drug-likeness (QED) is 0.707. The number of benzene rings is 1. The summed E-state index contributed by atoms with van der Waals surface area (Å²) in [7, 11) is 1.72. The Morgan fingerprint density at radius 3 is 2.53 bits per heavy atom. The molecule has 4 bridgehead atoms. The van der Waals surface area contributed by atoms with Crippen molar-refractivity contribution >= 4 is 22.4 Å². The molecule has 4 nitrogen and oxygen atoms in total. The highest BCUT2D eigenvalue weighted by atomic mass is 32.1. The molecule has 2 aromatic rings. The van der Waals surface area contributed by atoms with Crippen LogP contribution < -0.4 is 10.1 Å². The van der Waals surface area contributed by atoms with E-state index in [1.165, 1.54) is 48.2 Å². The van der Waals surface area contributed by atoms with Gasteiger partial charge in [0.25, 0.3) is 0 Å². The van der Waals surface area contributed by atoms with Crippen molar-refractivity contribution in [3.05, 3.63) is 40.4 Å². The number of thiazole rings is 1. The first kappa shape index (κ1) is 18.9. The monoisotopic (exact) mass is 422 g/mol. The van der Waals surface area contributed by atoms with Crippen LogP contribution in [0.1, 0.15) is 67.5 Å². The van der Waals surface area contributed by atoms with Gasteiger partial charge in [-0.05, 0) is 99.2 Å². The second-order valence-corrected chi connectivity index (χ2v) is 11.4. The van der Waals surface area contributed by atoms with Crippen LogP contribution in [0.3, 0.4) is 0 Å². The van der Waals surface area contributed by atoms with Gasteiger partial charge in [-0.25, -0.2) is 4.98 Å². The summed E-state index contributed by atoms with van der Waals surface area (Å²) in [4.78, 5) is 19.9. The Kier molecular flexibility index (Phi) is 4.28. The van der Waals surface area contributed by atoms with Crippen molar-refractivity contribution in [1.29, 1.82) is 0 Å². The summed E-state index contributed by atoms with van der Waals surface area (Å²) in [6.45, 7) is 0. The van der Waals surface area contributed by atoms with Gasteiger partial charge in [-0.1, -0.05) is 12.1 Å². The van der Waals surface area contributed by atoms with Gasteiger partial charge in [0.05, 0.1) is 18.2 Å². The summed E-state index contributed by atoms with van der Waals surface area (Å²) in [5.74, 6) is 2.48. The summed E-state index contributed by atoms with van der Waals surface area (Å²) in [6.07, 6.45) is 11.5. The molecule has 0 radical (unpaired) electrons. The van der Waals surface area contributed by atoms with E-state index in [4.69, 9.17) is 9.72 Å². The molecule has 2 atom stereocenters. The van der Waals surface area contributed by atoms with Crippen LogP contribution in [0.4, 0.5) is 5.13 Å².